The predicted molar refractivity (Wildman–Crippen MR) is 80.7 cm³/mol. The lowest BCUT2D eigenvalue weighted by atomic mass is 9.86. The molecule has 1 saturated carbocycles. The van der Waals surface area contributed by atoms with E-state index in [9.17, 15) is 4.79 Å². The minimum atomic E-state index is 0.102. The van der Waals surface area contributed by atoms with Crippen LogP contribution in [0.5, 0.6) is 11.5 Å². The summed E-state index contributed by atoms with van der Waals surface area (Å²) in [5, 5.41) is 3.19. The lowest BCUT2D eigenvalue weighted by Crippen LogP contribution is -2.41. The molecule has 0 saturated heterocycles. The summed E-state index contributed by atoms with van der Waals surface area (Å²) in [4.78, 5) is 12.2. The first-order valence-corrected chi connectivity index (χ1v) is 7.90. The van der Waals surface area contributed by atoms with Crippen LogP contribution >= 0.6 is 0 Å². The molecule has 1 amide bonds. The summed E-state index contributed by atoms with van der Waals surface area (Å²) in [7, 11) is 0. The molecule has 1 heterocycles. The molecule has 0 radical (unpaired) electrons. The monoisotopic (exact) mass is 289 g/mol. The second kappa shape index (κ2) is 6.37. The van der Waals surface area contributed by atoms with Crippen molar-refractivity contribution >= 4 is 5.91 Å². The summed E-state index contributed by atoms with van der Waals surface area (Å²) in [6, 6.07) is 6.08. The van der Waals surface area contributed by atoms with E-state index < -0.39 is 0 Å². The van der Waals surface area contributed by atoms with Crippen molar-refractivity contribution in [1.82, 2.24) is 5.32 Å². The number of nitrogens with one attached hydrogen (secondary N) is 1. The number of rotatable bonds is 3. The molecule has 4 nitrogen and oxygen atoms in total. The van der Waals surface area contributed by atoms with Crippen molar-refractivity contribution < 1.29 is 14.3 Å². The number of hydrogen-bond acceptors (Lipinski definition) is 3. The first-order valence-electron chi connectivity index (χ1n) is 7.90. The summed E-state index contributed by atoms with van der Waals surface area (Å²) in [6.07, 6.45) is 5.23. The van der Waals surface area contributed by atoms with Gasteiger partial charge in [0.25, 0.3) is 0 Å². The van der Waals surface area contributed by atoms with E-state index >= 15 is 0 Å². The van der Waals surface area contributed by atoms with Crippen LogP contribution in [0.15, 0.2) is 18.2 Å². The van der Waals surface area contributed by atoms with E-state index in [0.29, 0.717) is 31.6 Å². The molecule has 3 rings (SSSR count). The minimum Gasteiger partial charge on any atom is -0.486 e. The van der Waals surface area contributed by atoms with Crippen molar-refractivity contribution in [2.75, 3.05) is 13.2 Å². The number of ether oxygens (including phenoxy) is 2. The fourth-order valence-corrected chi connectivity index (χ4v) is 3.17. The molecule has 1 aromatic carbocycles. The van der Waals surface area contributed by atoms with Crippen molar-refractivity contribution in [2.45, 2.75) is 45.1 Å². The Balaban J connectivity index is 1.59. The van der Waals surface area contributed by atoms with Gasteiger partial charge in [0.1, 0.15) is 13.2 Å². The van der Waals surface area contributed by atoms with E-state index in [2.05, 4.69) is 12.2 Å². The van der Waals surface area contributed by atoms with Crippen molar-refractivity contribution in [3.63, 3.8) is 0 Å². The Hall–Kier alpha value is -1.71. The van der Waals surface area contributed by atoms with Crippen molar-refractivity contribution in [3.8, 4) is 11.5 Å². The average Bonchev–Trinajstić information content (AvgIpc) is 2.49. The SMILES string of the molecule is CC1CCCCC1NC(=O)Cc1ccc2c(c1)OCCO2. The van der Waals surface area contributed by atoms with E-state index in [1.165, 1.54) is 19.3 Å². The van der Waals surface area contributed by atoms with Crippen LogP contribution < -0.4 is 14.8 Å². The molecule has 0 spiro atoms. The summed E-state index contributed by atoms with van der Waals surface area (Å²) in [5.41, 5.74) is 0.972. The molecule has 0 aromatic heterocycles. The second-order valence-corrected chi connectivity index (χ2v) is 6.09. The zero-order valence-corrected chi connectivity index (χ0v) is 12.6. The molecule has 1 N–H and O–H groups in total. The molecule has 2 unspecified atom stereocenters. The third kappa shape index (κ3) is 3.49. The molecule has 2 aliphatic rings. The maximum atomic E-state index is 12.2. The molecule has 21 heavy (non-hydrogen) atoms. The maximum absolute atomic E-state index is 12.2. The largest absolute Gasteiger partial charge is 0.486 e. The lowest BCUT2D eigenvalue weighted by Gasteiger charge is -2.29. The number of fused-ring (bicyclic) bond motifs is 1. The van der Waals surface area contributed by atoms with E-state index in [0.717, 1.165) is 23.5 Å². The van der Waals surface area contributed by atoms with Gasteiger partial charge in [0.05, 0.1) is 6.42 Å². The summed E-state index contributed by atoms with van der Waals surface area (Å²) >= 11 is 0. The van der Waals surface area contributed by atoms with Gasteiger partial charge in [-0.1, -0.05) is 25.8 Å². The van der Waals surface area contributed by atoms with Crippen molar-refractivity contribution in [2.24, 2.45) is 5.92 Å². The third-order valence-electron chi connectivity index (χ3n) is 4.43. The Labute approximate surface area is 125 Å². The fourth-order valence-electron chi connectivity index (χ4n) is 3.17. The fraction of sp³-hybridized carbons (Fsp3) is 0.588. The summed E-state index contributed by atoms with van der Waals surface area (Å²) in [5.74, 6) is 2.21. The van der Waals surface area contributed by atoms with Crippen molar-refractivity contribution in [3.05, 3.63) is 23.8 Å². The van der Waals surface area contributed by atoms with E-state index in [-0.39, 0.29) is 5.91 Å². The van der Waals surface area contributed by atoms with Crippen LogP contribution in [0.2, 0.25) is 0 Å². The van der Waals surface area contributed by atoms with Crippen LogP contribution in [-0.2, 0) is 11.2 Å². The Kier molecular flexibility index (Phi) is 4.32. The first-order chi connectivity index (χ1) is 10.2. The first kappa shape index (κ1) is 14.2. The van der Waals surface area contributed by atoms with Crippen LogP contribution in [0.3, 0.4) is 0 Å². The quantitative estimate of drug-likeness (QED) is 0.930. The standard InChI is InChI=1S/C17H23NO3/c1-12-4-2-3-5-14(12)18-17(19)11-13-6-7-15-16(10-13)21-9-8-20-15/h6-7,10,12,14H,2-5,8-9,11H2,1H3,(H,18,19). The summed E-state index contributed by atoms with van der Waals surface area (Å²) < 4.78 is 11.0. The number of hydrogen-bond donors (Lipinski definition) is 1. The van der Waals surface area contributed by atoms with Gasteiger partial charge in [-0.2, -0.15) is 0 Å². The number of carbonyl (C=O) groups excluding carboxylic acids is 1. The van der Waals surface area contributed by atoms with Crippen LogP contribution in [0.1, 0.15) is 38.2 Å². The van der Waals surface area contributed by atoms with Gasteiger partial charge in [0.15, 0.2) is 11.5 Å². The smallest absolute Gasteiger partial charge is 0.224 e. The number of amides is 1. The van der Waals surface area contributed by atoms with Gasteiger partial charge in [-0.15, -0.1) is 0 Å². The van der Waals surface area contributed by atoms with Gasteiger partial charge >= 0.3 is 0 Å². The van der Waals surface area contributed by atoms with Crippen LogP contribution in [0, 0.1) is 5.92 Å². The lowest BCUT2D eigenvalue weighted by molar-refractivity contribution is -0.121. The van der Waals surface area contributed by atoms with Gasteiger partial charge in [-0.05, 0) is 36.5 Å². The van der Waals surface area contributed by atoms with Gasteiger partial charge in [0, 0.05) is 6.04 Å². The highest BCUT2D eigenvalue weighted by Gasteiger charge is 2.23. The predicted octanol–water partition coefficient (Wildman–Crippen LogP) is 2.70. The molecule has 1 aromatic rings. The Morgan fingerprint density at radius 3 is 2.76 bits per heavy atom. The minimum absolute atomic E-state index is 0.102. The molecule has 0 bridgehead atoms. The maximum Gasteiger partial charge on any atom is 0.224 e. The normalized spacial score (nSPS) is 24.4. The van der Waals surface area contributed by atoms with E-state index in [1.54, 1.807) is 0 Å². The topological polar surface area (TPSA) is 47.6 Å². The highest BCUT2D eigenvalue weighted by molar-refractivity contribution is 5.79. The number of benzene rings is 1. The third-order valence-corrected chi connectivity index (χ3v) is 4.43. The van der Waals surface area contributed by atoms with Gasteiger partial charge in [-0.25, -0.2) is 0 Å². The van der Waals surface area contributed by atoms with Gasteiger partial charge < -0.3 is 14.8 Å². The molecule has 1 fully saturated rings. The molecule has 114 valence electrons. The Morgan fingerprint density at radius 2 is 1.95 bits per heavy atom. The Morgan fingerprint density at radius 1 is 1.19 bits per heavy atom. The molecule has 1 aliphatic carbocycles. The molecular weight excluding hydrogens is 266 g/mol. The Bertz CT molecular complexity index is 515. The van der Waals surface area contributed by atoms with E-state index in [4.69, 9.17) is 9.47 Å². The average molecular weight is 289 g/mol. The highest BCUT2D eigenvalue weighted by Crippen LogP contribution is 2.31. The van der Waals surface area contributed by atoms with Crippen molar-refractivity contribution in [1.29, 1.82) is 0 Å². The molecule has 2 atom stereocenters. The van der Waals surface area contributed by atoms with Gasteiger partial charge in [-0.3, -0.25) is 4.79 Å². The zero-order chi connectivity index (χ0) is 14.7. The molecular formula is C17H23NO3. The summed E-state index contributed by atoms with van der Waals surface area (Å²) in [6.45, 7) is 3.39. The number of carbonyl (C=O) groups is 1. The van der Waals surface area contributed by atoms with Gasteiger partial charge in [0.2, 0.25) is 5.91 Å². The molecule has 1 aliphatic heterocycles. The second-order valence-electron chi connectivity index (χ2n) is 6.09. The van der Waals surface area contributed by atoms with E-state index in [1.807, 2.05) is 18.2 Å². The zero-order valence-electron chi connectivity index (χ0n) is 12.6. The van der Waals surface area contributed by atoms with Crippen LogP contribution in [0.25, 0.3) is 0 Å². The van der Waals surface area contributed by atoms with Crippen LogP contribution in [-0.4, -0.2) is 25.2 Å². The van der Waals surface area contributed by atoms with Crippen LogP contribution in [0.4, 0.5) is 0 Å². The highest BCUT2D eigenvalue weighted by atomic mass is 16.6. The molecule has 4 heteroatoms.